The number of anilines is 1. The molecule has 0 heterocycles. The second-order valence-electron chi connectivity index (χ2n) is 4.85. The molecular weight excluding hydrogens is 282 g/mol. The van der Waals surface area contributed by atoms with Crippen molar-refractivity contribution in [1.29, 1.82) is 0 Å². The number of primary amides is 2. The van der Waals surface area contributed by atoms with Gasteiger partial charge in [-0.2, -0.15) is 0 Å². The van der Waals surface area contributed by atoms with E-state index in [-0.39, 0.29) is 22.7 Å². The van der Waals surface area contributed by atoms with Crippen molar-refractivity contribution in [3.63, 3.8) is 0 Å². The molecule has 0 aliphatic heterocycles. The fraction of sp³-hybridized carbons (Fsp3) is 0.0625. The number of aryl methyl sites for hydroxylation is 1. The van der Waals surface area contributed by atoms with Crippen molar-refractivity contribution in [2.45, 2.75) is 6.92 Å². The third-order valence-electron chi connectivity index (χ3n) is 3.07. The first-order valence-electron chi connectivity index (χ1n) is 6.49. The number of carbonyl (C=O) groups is 3. The van der Waals surface area contributed by atoms with E-state index in [1.54, 1.807) is 12.1 Å². The Labute approximate surface area is 127 Å². The van der Waals surface area contributed by atoms with Gasteiger partial charge >= 0.3 is 0 Å². The largest absolute Gasteiger partial charge is 0.366 e. The van der Waals surface area contributed by atoms with Crippen LogP contribution in [0.3, 0.4) is 0 Å². The minimum Gasteiger partial charge on any atom is -0.366 e. The van der Waals surface area contributed by atoms with Crippen LogP contribution in [0, 0.1) is 6.92 Å². The Kier molecular flexibility index (Phi) is 4.22. The molecule has 0 radical (unpaired) electrons. The third kappa shape index (κ3) is 3.49. The molecule has 0 saturated carbocycles. The molecule has 2 aromatic rings. The molecule has 0 atom stereocenters. The maximum Gasteiger partial charge on any atom is 0.255 e. The first-order valence-corrected chi connectivity index (χ1v) is 6.49. The van der Waals surface area contributed by atoms with Crippen LogP contribution in [0.5, 0.6) is 0 Å². The predicted octanol–water partition coefficient (Wildman–Crippen LogP) is 1.45. The van der Waals surface area contributed by atoms with Gasteiger partial charge in [-0.05, 0) is 37.3 Å². The van der Waals surface area contributed by atoms with E-state index >= 15 is 0 Å². The van der Waals surface area contributed by atoms with Gasteiger partial charge in [0.15, 0.2) is 0 Å². The first-order chi connectivity index (χ1) is 10.4. The Balaban J connectivity index is 2.32. The fourth-order valence-electron chi connectivity index (χ4n) is 1.89. The molecule has 5 N–H and O–H groups in total. The molecule has 0 aromatic heterocycles. The molecule has 22 heavy (non-hydrogen) atoms. The number of amides is 3. The van der Waals surface area contributed by atoms with E-state index in [0.29, 0.717) is 5.56 Å². The molecule has 0 saturated heterocycles. The molecule has 6 nitrogen and oxygen atoms in total. The van der Waals surface area contributed by atoms with Gasteiger partial charge < -0.3 is 16.8 Å². The van der Waals surface area contributed by atoms with E-state index in [9.17, 15) is 14.4 Å². The highest BCUT2D eigenvalue weighted by molar-refractivity contribution is 6.06. The molecule has 2 aromatic carbocycles. The zero-order valence-electron chi connectivity index (χ0n) is 11.9. The van der Waals surface area contributed by atoms with Gasteiger partial charge in [0.05, 0.1) is 0 Å². The quantitative estimate of drug-likeness (QED) is 0.793. The summed E-state index contributed by atoms with van der Waals surface area (Å²) < 4.78 is 0. The van der Waals surface area contributed by atoms with Gasteiger partial charge in [0.25, 0.3) is 5.91 Å². The topological polar surface area (TPSA) is 115 Å². The predicted molar refractivity (Wildman–Crippen MR) is 82.6 cm³/mol. The summed E-state index contributed by atoms with van der Waals surface area (Å²) in [4.78, 5) is 34.7. The fourth-order valence-corrected chi connectivity index (χ4v) is 1.89. The molecule has 6 heteroatoms. The van der Waals surface area contributed by atoms with Crippen molar-refractivity contribution in [1.82, 2.24) is 0 Å². The Hall–Kier alpha value is -3.15. The molecule has 0 aliphatic rings. The van der Waals surface area contributed by atoms with Crippen LogP contribution in [0.1, 0.15) is 36.6 Å². The summed E-state index contributed by atoms with van der Waals surface area (Å²) in [5.41, 5.74) is 12.4. The maximum absolute atomic E-state index is 12.1. The number of nitrogens with one attached hydrogen (secondary N) is 1. The summed E-state index contributed by atoms with van der Waals surface area (Å²) in [5.74, 6) is -1.79. The van der Waals surface area contributed by atoms with Crippen LogP contribution < -0.4 is 16.8 Å². The zero-order valence-corrected chi connectivity index (χ0v) is 11.9. The van der Waals surface area contributed by atoms with Crippen LogP contribution in [-0.4, -0.2) is 17.7 Å². The highest BCUT2D eigenvalue weighted by Gasteiger charge is 2.12. The first kappa shape index (κ1) is 15.2. The summed E-state index contributed by atoms with van der Waals surface area (Å²) >= 11 is 0. The molecule has 2 rings (SSSR count). The molecule has 112 valence electrons. The number of hydrogen-bond donors (Lipinski definition) is 3. The van der Waals surface area contributed by atoms with Crippen molar-refractivity contribution in [2.24, 2.45) is 11.5 Å². The van der Waals surface area contributed by atoms with Crippen LogP contribution in [0.4, 0.5) is 5.69 Å². The highest BCUT2D eigenvalue weighted by atomic mass is 16.2. The molecule has 0 aliphatic carbocycles. The number of benzene rings is 2. The standard InChI is InChI=1S/C16H15N3O3/c1-9-2-4-10(5-3-9)16(22)19-13-7-11(14(17)20)6-12(8-13)15(18)21/h2-8H,1H3,(H2,17,20)(H2,18,21)(H,19,22). The number of hydrogen-bond acceptors (Lipinski definition) is 3. The lowest BCUT2D eigenvalue weighted by Crippen LogP contribution is -2.18. The SMILES string of the molecule is Cc1ccc(C(=O)Nc2cc(C(N)=O)cc(C(N)=O)c2)cc1. The molecule has 0 spiro atoms. The normalized spacial score (nSPS) is 10.0. The molecule has 0 bridgehead atoms. The Morgan fingerprint density at radius 2 is 1.32 bits per heavy atom. The van der Waals surface area contributed by atoms with E-state index in [2.05, 4.69) is 5.32 Å². The average molecular weight is 297 g/mol. The van der Waals surface area contributed by atoms with Crippen LogP contribution in [-0.2, 0) is 0 Å². The number of carbonyl (C=O) groups excluding carboxylic acids is 3. The van der Waals surface area contributed by atoms with Gasteiger partial charge in [-0.3, -0.25) is 14.4 Å². The van der Waals surface area contributed by atoms with Crippen LogP contribution in [0.25, 0.3) is 0 Å². The van der Waals surface area contributed by atoms with Gasteiger partial charge in [-0.15, -0.1) is 0 Å². The van der Waals surface area contributed by atoms with Crippen molar-refractivity contribution in [2.75, 3.05) is 5.32 Å². The van der Waals surface area contributed by atoms with Crippen LogP contribution in [0.2, 0.25) is 0 Å². The van der Waals surface area contributed by atoms with Crippen molar-refractivity contribution in [3.05, 3.63) is 64.7 Å². The second-order valence-corrected chi connectivity index (χ2v) is 4.85. The minimum atomic E-state index is -0.714. The van der Waals surface area contributed by atoms with Crippen molar-refractivity contribution in [3.8, 4) is 0 Å². The second kappa shape index (κ2) is 6.09. The summed E-state index contributed by atoms with van der Waals surface area (Å²) in [5, 5.41) is 2.61. The molecular formula is C16H15N3O3. The molecule has 0 fully saturated rings. The van der Waals surface area contributed by atoms with E-state index in [0.717, 1.165) is 5.56 Å². The lowest BCUT2D eigenvalue weighted by Gasteiger charge is -2.08. The van der Waals surface area contributed by atoms with Gasteiger partial charge in [-0.1, -0.05) is 17.7 Å². The molecule has 3 amide bonds. The maximum atomic E-state index is 12.1. The minimum absolute atomic E-state index is 0.0931. The number of nitrogens with two attached hydrogens (primary N) is 2. The highest BCUT2D eigenvalue weighted by Crippen LogP contribution is 2.16. The smallest absolute Gasteiger partial charge is 0.255 e. The Bertz CT molecular complexity index is 719. The third-order valence-corrected chi connectivity index (χ3v) is 3.07. The zero-order chi connectivity index (χ0) is 16.3. The number of rotatable bonds is 4. The Morgan fingerprint density at radius 3 is 1.77 bits per heavy atom. The Morgan fingerprint density at radius 1 is 0.818 bits per heavy atom. The van der Waals surface area contributed by atoms with E-state index < -0.39 is 11.8 Å². The van der Waals surface area contributed by atoms with Gasteiger partial charge in [0, 0.05) is 22.4 Å². The monoisotopic (exact) mass is 297 g/mol. The summed E-state index contributed by atoms with van der Waals surface area (Å²) in [7, 11) is 0. The average Bonchev–Trinajstić information content (AvgIpc) is 2.47. The van der Waals surface area contributed by atoms with Gasteiger partial charge in [0.2, 0.25) is 11.8 Å². The van der Waals surface area contributed by atoms with Crippen molar-refractivity contribution >= 4 is 23.4 Å². The van der Waals surface area contributed by atoms with E-state index in [1.807, 2.05) is 19.1 Å². The van der Waals surface area contributed by atoms with Gasteiger partial charge in [-0.25, -0.2) is 0 Å². The summed E-state index contributed by atoms with van der Waals surface area (Å²) in [6.07, 6.45) is 0. The molecule has 0 unspecified atom stereocenters. The summed E-state index contributed by atoms with van der Waals surface area (Å²) in [6.45, 7) is 1.91. The van der Waals surface area contributed by atoms with Crippen molar-refractivity contribution < 1.29 is 14.4 Å². The van der Waals surface area contributed by atoms with E-state index in [1.165, 1.54) is 18.2 Å². The van der Waals surface area contributed by atoms with E-state index in [4.69, 9.17) is 11.5 Å². The van der Waals surface area contributed by atoms with Crippen LogP contribution >= 0.6 is 0 Å². The lowest BCUT2D eigenvalue weighted by atomic mass is 10.1. The van der Waals surface area contributed by atoms with Gasteiger partial charge in [0.1, 0.15) is 0 Å². The van der Waals surface area contributed by atoms with Crippen LogP contribution in [0.15, 0.2) is 42.5 Å². The lowest BCUT2D eigenvalue weighted by molar-refractivity contribution is 0.0994. The summed E-state index contributed by atoms with van der Waals surface area (Å²) in [6, 6.07) is 11.0.